The lowest BCUT2D eigenvalue weighted by Gasteiger charge is -2.29. The molecule has 7 heteroatoms. The number of hydrogen-bond acceptors (Lipinski definition) is 5. The maximum atomic E-state index is 11.9. The molecule has 2 N–H and O–H groups in total. The van der Waals surface area contributed by atoms with Gasteiger partial charge in [-0.25, -0.2) is 4.79 Å². The molecule has 0 unspecified atom stereocenters. The zero-order valence-electron chi connectivity index (χ0n) is 16.0. The topological polar surface area (TPSA) is 93.7 Å². The van der Waals surface area contributed by atoms with Crippen molar-refractivity contribution in [2.75, 3.05) is 13.7 Å². The zero-order valence-corrected chi connectivity index (χ0v) is 16.0. The fourth-order valence-electron chi connectivity index (χ4n) is 3.15. The molecule has 0 spiro atoms. The first-order valence-electron chi connectivity index (χ1n) is 9.37. The summed E-state index contributed by atoms with van der Waals surface area (Å²) in [5, 5.41) is 5.03. The fourth-order valence-corrected chi connectivity index (χ4v) is 3.15. The van der Waals surface area contributed by atoms with Gasteiger partial charge in [0.05, 0.1) is 7.11 Å². The largest absolute Gasteiger partial charge is 0.497 e. The van der Waals surface area contributed by atoms with Crippen molar-refractivity contribution in [1.82, 2.24) is 10.6 Å². The normalized spacial score (nSPS) is 19.0. The Morgan fingerprint density at radius 3 is 2.48 bits per heavy atom. The molecular weight excluding hydrogens is 348 g/mol. The highest BCUT2D eigenvalue weighted by Gasteiger charge is 2.23. The molecule has 0 radical (unpaired) electrons. The van der Waals surface area contributed by atoms with Gasteiger partial charge in [0.25, 0.3) is 5.91 Å². The van der Waals surface area contributed by atoms with Crippen molar-refractivity contribution in [3.63, 3.8) is 0 Å². The Morgan fingerprint density at radius 2 is 1.81 bits per heavy atom. The summed E-state index contributed by atoms with van der Waals surface area (Å²) >= 11 is 0. The smallest absolute Gasteiger partial charge is 0.321 e. The second kappa shape index (κ2) is 10.5. The van der Waals surface area contributed by atoms with Crippen LogP contribution in [0.5, 0.6) is 5.75 Å². The minimum absolute atomic E-state index is 0.0820. The predicted octanol–water partition coefficient (Wildman–Crippen LogP) is 2.58. The number of methoxy groups -OCH3 is 1. The number of ether oxygens (including phenoxy) is 2. The minimum atomic E-state index is -0.631. The van der Waals surface area contributed by atoms with Gasteiger partial charge in [0.2, 0.25) is 0 Å². The standard InChI is InChI=1S/C20H28N2O5/c1-14-5-3-4-6-17(14)21-20(25)22-18(23)13-27-19(24)12-9-15-7-10-16(26-2)11-8-15/h7-8,10-11,14,17H,3-6,9,12-13H2,1-2H3,(H2,21,22,23,25)/t14-,17-/m0/s1. The number of aryl methyl sites for hydroxylation is 1. The number of rotatable bonds is 7. The van der Waals surface area contributed by atoms with E-state index in [1.54, 1.807) is 7.11 Å². The van der Waals surface area contributed by atoms with Crippen LogP contribution in [0.1, 0.15) is 44.6 Å². The molecule has 0 bridgehead atoms. The molecule has 7 nitrogen and oxygen atoms in total. The first-order chi connectivity index (χ1) is 13.0. The number of esters is 1. The van der Waals surface area contributed by atoms with Gasteiger partial charge >= 0.3 is 12.0 Å². The van der Waals surface area contributed by atoms with Crippen LogP contribution >= 0.6 is 0 Å². The van der Waals surface area contributed by atoms with Gasteiger partial charge < -0.3 is 14.8 Å². The summed E-state index contributed by atoms with van der Waals surface area (Å²) in [5.74, 6) is 0.0327. The van der Waals surface area contributed by atoms with Crippen molar-refractivity contribution in [1.29, 1.82) is 0 Å². The Hall–Kier alpha value is -2.57. The summed E-state index contributed by atoms with van der Waals surface area (Å²) < 4.78 is 10.0. The fraction of sp³-hybridized carbons (Fsp3) is 0.550. The Balaban J connectivity index is 1.63. The van der Waals surface area contributed by atoms with Crippen molar-refractivity contribution in [3.05, 3.63) is 29.8 Å². The molecule has 2 rings (SSSR count). The maximum absolute atomic E-state index is 11.9. The lowest BCUT2D eigenvalue weighted by Crippen LogP contribution is -2.48. The predicted molar refractivity (Wildman–Crippen MR) is 100 cm³/mol. The second-order valence-electron chi connectivity index (χ2n) is 6.90. The van der Waals surface area contributed by atoms with Gasteiger partial charge in [-0.15, -0.1) is 0 Å². The maximum Gasteiger partial charge on any atom is 0.321 e. The van der Waals surface area contributed by atoms with Crippen molar-refractivity contribution in [2.45, 2.75) is 51.5 Å². The van der Waals surface area contributed by atoms with Gasteiger partial charge in [-0.05, 0) is 42.9 Å². The minimum Gasteiger partial charge on any atom is -0.497 e. The van der Waals surface area contributed by atoms with Crippen LogP contribution in [0.25, 0.3) is 0 Å². The second-order valence-corrected chi connectivity index (χ2v) is 6.90. The van der Waals surface area contributed by atoms with Gasteiger partial charge in [-0.3, -0.25) is 14.9 Å². The molecule has 27 heavy (non-hydrogen) atoms. The Labute approximate surface area is 159 Å². The molecule has 0 aromatic heterocycles. The van der Waals surface area contributed by atoms with E-state index in [4.69, 9.17) is 9.47 Å². The van der Waals surface area contributed by atoms with Crippen LogP contribution in [-0.4, -0.2) is 37.7 Å². The highest BCUT2D eigenvalue weighted by atomic mass is 16.5. The van der Waals surface area contributed by atoms with Gasteiger partial charge in [0.15, 0.2) is 6.61 Å². The van der Waals surface area contributed by atoms with Crippen LogP contribution < -0.4 is 15.4 Å². The molecule has 0 aliphatic heterocycles. The van der Waals surface area contributed by atoms with E-state index in [-0.39, 0.29) is 12.5 Å². The first kappa shape index (κ1) is 20.7. The van der Waals surface area contributed by atoms with Crippen molar-refractivity contribution in [3.8, 4) is 5.75 Å². The van der Waals surface area contributed by atoms with Crippen LogP contribution in [0.4, 0.5) is 4.79 Å². The van der Waals surface area contributed by atoms with E-state index in [0.717, 1.165) is 30.6 Å². The molecule has 1 aliphatic carbocycles. The highest BCUT2D eigenvalue weighted by molar-refractivity contribution is 5.95. The average molecular weight is 376 g/mol. The van der Waals surface area contributed by atoms with Gasteiger partial charge in [-0.1, -0.05) is 31.9 Å². The van der Waals surface area contributed by atoms with E-state index >= 15 is 0 Å². The van der Waals surface area contributed by atoms with E-state index in [1.165, 1.54) is 6.42 Å². The summed E-state index contributed by atoms with van der Waals surface area (Å²) in [7, 11) is 1.59. The summed E-state index contributed by atoms with van der Waals surface area (Å²) in [6.07, 6.45) is 4.91. The van der Waals surface area contributed by atoms with E-state index in [0.29, 0.717) is 12.3 Å². The lowest BCUT2D eigenvalue weighted by atomic mass is 9.86. The Bertz CT molecular complexity index is 644. The summed E-state index contributed by atoms with van der Waals surface area (Å²) in [6, 6.07) is 6.93. The van der Waals surface area contributed by atoms with Crippen molar-refractivity contribution in [2.24, 2.45) is 5.92 Å². The molecular formula is C20H28N2O5. The zero-order chi connectivity index (χ0) is 19.6. The summed E-state index contributed by atoms with van der Waals surface area (Å²) in [6.45, 7) is 1.63. The average Bonchev–Trinajstić information content (AvgIpc) is 2.67. The third-order valence-electron chi connectivity index (χ3n) is 4.82. The number of benzene rings is 1. The van der Waals surface area contributed by atoms with Crippen molar-refractivity contribution < 1.29 is 23.9 Å². The molecule has 0 heterocycles. The van der Waals surface area contributed by atoms with E-state index in [2.05, 4.69) is 17.6 Å². The van der Waals surface area contributed by atoms with E-state index in [9.17, 15) is 14.4 Å². The molecule has 1 aromatic carbocycles. The van der Waals surface area contributed by atoms with E-state index in [1.807, 2.05) is 24.3 Å². The number of nitrogens with one attached hydrogen (secondary N) is 2. The van der Waals surface area contributed by atoms with Crippen LogP contribution in [-0.2, 0) is 20.7 Å². The number of carbonyl (C=O) groups excluding carboxylic acids is 3. The molecule has 148 valence electrons. The number of urea groups is 1. The molecule has 2 atom stereocenters. The van der Waals surface area contributed by atoms with Crippen molar-refractivity contribution >= 4 is 17.9 Å². The summed E-state index contributed by atoms with van der Waals surface area (Å²) in [5.41, 5.74) is 0.971. The molecule has 1 fully saturated rings. The molecule has 1 saturated carbocycles. The first-order valence-corrected chi connectivity index (χ1v) is 9.37. The number of imide groups is 1. The van der Waals surface area contributed by atoms with Crippen LogP contribution in [0.2, 0.25) is 0 Å². The third kappa shape index (κ3) is 7.29. The molecule has 0 saturated heterocycles. The van der Waals surface area contributed by atoms with Crippen LogP contribution in [0, 0.1) is 5.92 Å². The number of carbonyl (C=O) groups is 3. The Kier molecular flexibility index (Phi) is 8.10. The monoisotopic (exact) mass is 376 g/mol. The van der Waals surface area contributed by atoms with Gasteiger partial charge in [0, 0.05) is 12.5 Å². The quantitative estimate of drug-likeness (QED) is 0.714. The van der Waals surface area contributed by atoms with Gasteiger partial charge in [0.1, 0.15) is 5.75 Å². The highest BCUT2D eigenvalue weighted by Crippen LogP contribution is 2.23. The number of hydrogen-bond donors (Lipinski definition) is 2. The molecule has 1 aromatic rings. The number of amides is 3. The summed E-state index contributed by atoms with van der Waals surface area (Å²) in [4.78, 5) is 35.4. The SMILES string of the molecule is COc1ccc(CCC(=O)OCC(=O)NC(=O)N[C@H]2CCCC[C@@H]2C)cc1. The lowest BCUT2D eigenvalue weighted by molar-refractivity contribution is -0.148. The van der Waals surface area contributed by atoms with E-state index < -0.39 is 24.5 Å². The van der Waals surface area contributed by atoms with Crippen LogP contribution in [0.3, 0.4) is 0 Å². The molecule has 3 amide bonds. The van der Waals surface area contributed by atoms with Gasteiger partial charge in [-0.2, -0.15) is 0 Å². The molecule has 1 aliphatic rings. The Morgan fingerprint density at radius 1 is 1.11 bits per heavy atom. The van der Waals surface area contributed by atoms with Crippen LogP contribution in [0.15, 0.2) is 24.3 Å². The third-order valence-corrected chi connectivity index (χ3v) is 4.82.